The minimum atomic E-state index is 0.160. The molecule has 0 aliphatic heterocycles. The number of nitrogens with one attached hydrogen (secondary N) is 1. The normalized spacial score (nSPS) is 11.6. The highest BCUT2D eigenvalue weighted by Gasteiger charge is 2.15. The Labute approximate surface area is 125 Å². The van der Waals surface area contributed by atoms with Gasteiger partial charge in [0.25, 0.3) is 0 Å². The van der Waals surface area contributed by atoms with Crippen molar-refractivity contribution in [1.82, 2.24) is 15.4 Å². The lowest BCUT2D eigenvalue weighted by atomic mass is 9.86. The molecule has 1 aromatic heterocycles. The molecule has 0 saturated heterocycles. The van der Waals surface area contributed by atoms with E-state index in [0.29, 0.717) is 0 Å². The Balaban J connectivity index is 2.01. The first kappa shape index (κ1) is 13.6. The number of H-pyrrole nitrogens is 1. The van der Waals surface area contributed by atoms with Gasteiger partial charge in [-0.3, -0.25) is 5.10 Å². The molecular weight excluding hydrogens is 258 g/mol. The molecule has 0 spiro atoms. The molecule has 0 aliphatic carbocycles. The Hall–Kier alpha value is -2.42. The van der Waals surface area contributed by atoms with E-state index in [1.807, 2.05) is 30.3 Å². The quantitative estimate of drug-likeness (QED) is 0.752. The van der Waals surface area contributed by atoms with Crippen molar-refractivity contribution in [3.05, 3.63) is 60.2 Å². The second-order valence-corrected chi connectivity index (χ2v) is 6.23. The number of hydrogen-bond acceptors (Lipinski definition) is 2. The third kappa shape index (κ3) is 2.72. The van der Waals surface area contributed by atoms with E-state index < -0.39 is 0 Å². The van der Waals surface area contributed by atoms with Gasteiger partial charge in [0.15, 0.2) is 0 Å². The van der Waals surface area contributed by atoms with Crippen molar-refractivity contribution in [3.8, 4) is 22.5 Å². The van der Waals surface area contributed by atoms with Gasteiger partial charge in [0, 0.05) is 11.1 Å². The highest BCUT2D eigenvalue weighted by atomic mass is 15.3. The van der Waals surface area contributed by atoms with Crippen LogP contribution in [0.25, 0.3) is 22.5 Å². The summed E-state index contributed by atoms with van der Waals surface area (Å²) in [5.41, 5.74) is 5.50. The van der Waals surface area contributed by atoms with E-state index in [1.165, 1.54) is 5.56 Å². The molecule has 21 heavy (non-hydrogen) atoms. The van der Waals surface area contributed by atoms with Crippen molar-refractivity contribution < 1.29 is 0 Å². The average Bonchev–Trinajstić information content (AvgIpc) is 2.97. The van der Waals surface area contributed by atoms with Gasteiger partial charge in [-0.15, -0.1) is 5.10 Å². The summed E-state index contributed by atoms with van der Waals surface area (Å²) < 4.78 is 0. The Morgan fingerprint density at radius 1 is 0.810 bits per heavy atom. The van der Waals surface area contributed by atoms with Crippen LogP contribution in [-0.2, 0) is 5.41 Å². The number of nitrogens with zero attached hydrogens (tertiary/aromatic N) is 2. The monoisotopic (exact) mass is 277 g/mol. The topological polar surface area (TPSA) is 41.6 Å². The van der Waals surface area contributed by atoms with E-state index in [-0.39, 0.29) is 5.41 Å². The highest BCUT2D eigenvalue weighted by Crippen LogP contribution is 2.30. The molecule has 0 atom stereocenters. The minimum Gasteiger partial charge on any atom is -0.257 e. The van der Waals surface area contributed by atoms with Crippen molar-refractivity contribution in [2.75, 3.05) is 0 Å². The van der Waals surface area contributed by atoms with Gasteiger partial charge in [-0.2, -0.15) is 0 Å². The number of hydrogen-bond donors (Lipinski definition) is 1. The number of benzene rings is 2. The molecule has 2 aromatic carbocycles. The molecule has 3 heteroatoms. The third-order valence-electron chi connectivity index (χ3n) is 3.64. The van der Waals surface area contributed by atoms with E-state index in [2.05, 4.69) is 60.4 Å². The van der Waals surface area contributed by atoms with Crippen LogP contribution in [0.4, 0.5) is 0 Å². The lowest BCUT2D eigenvalue weighted by Gasteiger charge is -2.19. The molecule has 3 aromatic rings. The number of rotatable bonds is 2. The summed E-state index contributed by atoms with van der Waals surface area (Å²) in [5, 5.41) is 11.2. The van der Waals surface area contributed by atoms with Crippen LogP contribution < -0.4 is 0 Å². The largest absolute Gasteiger partial charge is 0.257 e. The Bertz CT molecular complexity index is 719. The fraction of sp³-hybridized carbons (Fsp3) is 0.222. The van der Waals surface area contributed by atoms with Gasteiger partial charge >= 0.3 is 0 Å². The zero-order valence-corrected chi connectivity index (χ0v) is 12.6. The van der Waals surface area contributed by atoms with Crippen molar-refractivity contribution in [1.29, 1.82) is 0 Å². The molecule has 0 saturated carbocycles. The minimum absolute atomic E-state index is 0.160. The zero-order valence-electron chi connectivity index (χ0n) is 12.6. The summed E-state index contributed by atoms with van der Waals surface area (Å²) in [7, 11) is 0. The van der Waals surface area contributed by atoms with Crippen molar-refractivity contribution in [3.63, 3.8) is 0 Å². The molecule has 106 valence electrons. The second-order valence-electron chi connectivity index (χ2n) is 6.23. The first-order valence-electron chi connectivity index (χ1n) is 7.13. The van der Waals surface area contributed by atoms with Crippen LogP contribution in [0.5, 0.6) is 0 Å². The van der Waals surface area contributed by atoms with Crippen molar-refractivity contribution >= 4 is 0 Å². The van der Waals surface area contributed by atoms with E-state index in [9.17, 15) is 0 Å². The Kier molecular flexibility index (Phi) is 3.34. The SMILES string of the molecule is CC(C)(C)c1ccc(-c2[nH]nnc2-c2ccccc2)cc1. The molecule has 0 bridgehead atoms. The van der Waals surface area contributed by atoms with Gasteiger partial charge in [0.1, 0.15) is 5.69 Å². The summed E-state index contributed by atoms with van der Waals surface area (Å²) in [6, 6.07) is 18.7. The maximum absolute atomic E-state index is 4.23. The smallest absolute Gasteiger partial charge is 0.120 e. The molecular formula is C18H19N3. The summed E-state index contributed by atoms with van der Waals surface area (Å²) in [6.45, 7) is 6.65. The molecule has 0 aliphatic rings. The first-order valence-corrected chi connectivity index (χ1v) is 7.13. The molecule has 0 fully saturated rings. The molecule has 0 unspecified atom stereocenters. The third-order valence-corrected chi connectivity index (χ3v) is 3.64. The Morgan fingerprint density at radius 2 is 1.48 bits per heavy atom. The summed E-state index contributed by atoms with van der Waals surface area (Å²) in [4.78, 5) is 0. The van der Waals surface area contributed by atoms with Crippen LogP contribution in [0.3, 0.4) is 0 Å². The van der Waals surface area contributed by atoms with E-state index in [1.54, 1.807) is 0 Å². The van der Waals surface area contributed by atoms with Gasteiger partial charge in [0.05, 0.1) is 5.69 Å². The lowest BCUT2D eigenvalue weighted by molar-refractivity contribution is 0.590. The van der Waals surface area contributed by atoms with Crippen LogP contribution in [-0.4, -0.2) is 15.4 Å². The maximum atomic E-state index is 4.23. The van der Waals surface area contributed by atoms with Crippen LogP contribution in [0.1, 0.15) is 26.3 Å². The van der Waals surface area contributed by atoms with Crippen LogP contribution >= 0.6 is 0 Å². The molecule has 0 amide bonds. The number of aromatic amines is 1. The van der Waals surface area contributed by atoms with Crippen molar-refractivity contribution in [2.45, 2.75) is 26.2 Å². The van der Waals surface area contributed by atoms with Crippen LogP contribution in [0.2, 0.25) is 0 Å². The predicted octanol–water partition coefficient (Wildman–Crippen LogP) is 4.44. The molecule has 1 N–H and O–H groups in total. The molecule has 3 nitrogen and oxygen atoms in total. The summed E-state index contributed by atoms with van der Waals surface area (Å²) in [6.07, 6.45) is 0. The van der Waals surface area contributed by atoms with Crippen molar-refractivity contribution in [2.24, 2.45) is 0 Å². The Morgan fingerprint density at radius 3 is 2.10 bits per heavy atom. The predicted molar refractivity (Wildman–Crippen MR) is 86.0 cm³/mol. The van der Waals surface area contributed by atoms with E-state index in [0.717, 1.165) is 22.5 Å². The maximum Gasteiger partial charge on any atom is 0.120 e. The average molecular weight is 277 g/mol. The van der Waals surface area contributed by atoms with Crippen LogP contribution in [0, 0.1) is 0 Å². The zero-order chi connectivity index (χ0) is 14.9. The van der Waals surface area contributed by atoms with Gasteiger partial charge in [-0.05, 0) is 11.0 Å². The lowest BCUT2D eigenvalue weighted by Crippen LogP contribution is -2.10. The first-order chi connectivity index (χ1) is 10.1. The highest BCUT2D eigenvalue weighted by molar-refractivity contribution is 5.77. The van der Waals surface area contributed by atoms with E-state index >= 15 is 0 Å². The number of aromatic nitrogens is 3. The standard InChI is InChI=1S/C18H19N3/c1-18(2,3)15-11-9-14(10-12-15)17-16(19-21-20-17)13-7-5-4-6-8-13/h4-12H,1-3H3,(H,19,20,21). The second kappa shape index (κ2) is 5.17. The van der Waals surface area contributed by atoms with Gasteiger partial charge < -0.3 is 0 Å². The fourth-order valence-corrected chi connectivity index (χ4v) is 2.36. The summed E-state index contributed by atoms with van der Waals surface area (Å²) in [5.74, 6) is 0. The summed E-state index contributed by atoms with van der Waals surface area (Å²) >= 11 is 0. The van der Waals surface area contributed by atoms with E-state index in [4.69, 9.17) is 0 Å². The molecule has 1 heterocycles. The van der Waals surface area contributed by atoms with Gasteiger partial charge in [0.2, 0.25) is 0 Å². The van der Waals surface area contributed by atoms with Crippen LogP contribution in [0.15, 0.2) is 54.6 Å². The van der Waals surface area contributed by atoms with Gasteiger partial charge in [-0.1, -0.05) is 80.6 Å². The fourth-order valence-electron chi connectivity index (χ4n) is 2.36. The molecule has 3 rings (SSSR count). The molecule has 0 radical (unpaired) electrons. The van der Waals surface area contributed by atoms with Gasteiger partial charge in [-0.25, -0.2) is 0 Å².